The van der Waals surface area contributed by atoms with Gasteiger partial charge in [-0.15, -0.1) is 0 Å². The van der Waals surface area contributed by atoms with Crippen LogP contribution in [-0.4, -0.2) is 192 Å². The van der Waals surface area contributed by atoms with E-state index in [0.717, 1.165) is 77.5 Å². The molecule has 0 aromatic heterocycles. The number of halogens is 3. The van der Waals surface area contributed by atoms with E-state index < -0.39 is 62.9 Å². The topological polar surface area (TPSA) is 244 Å². The molecular weight excluding hydrogens is 1440 g/mol. The van der Waals surface area contributed by atoms with Crippen LogP contribution in [0.1, 0.15) is 178 Å². The summed E-state index contributed by atoms with van der Waals surface area (Å²) in [4.78, 5) is 70.7. The van der Waals surface area contributed by atoms with Crippen molar-refractivity contribution in [2.24, 2.45) is 17.8 Å². The monoisotopic (exact) mass is 1550 g/mol. The lowest BCUT2D eigenvalue weighted by atomic mass is 9.77. The molecule has 5 aromatic carbocycles. The Morgan fingerprint density at radius 2 is 0.946 bits per heavy atom. The van der Waals surface area contributed by atoms with Crippen molar-refractivity contribution in [2.75, 3.05) is 78.5 Å². The maximum atomic E-state index is 12.9. The predicted molar refractivity (Wildman–Crippen MR) is 426 cm³/mol. The summed E-state index contributed by atoms with van der Waals surface area (Å²) in [5.41, 5.74) is -0.413. The van der Waals surface area contributed by atoms with Crippen LogP contribution in [0.2, 0.25) is 0 Å². The fraction of sp³-hybridized carbons (Fsp3) is 0.471. The van der Waals surface area contributed by atoms with Crippen molar-refractivity contribution < 1.29 is 83.5 Å². The van der Waals surface area contributed by atoms with Crippen molar-refractivity contribution in [3.8, 4) is 17.2 Å². The van der Waals surface area contributed by atoms with Crippen molar-refractivity contribution in [3.05, 3.63) is 203 Å². The Labute approximate surface area is 653 Å². The number of piperidine rings is 3. The van der Waals surface area contributed by atoms with Gasteiger partial charge in [0.25, 0.3) is 11.8 Å². The Bertz CT molecular complexity index is 4350. The number of hydrogen-bond donors (Lipinski definition) is 3. The highest BCUT2D eigenvalue weighted by Gasteiger charge is 2.52. The summed E-state index contributed by atoms with van der Waals surface area (Å²) in [5.74, 6) is 1.75. The van der Waals surface area contributed by atoms with Crippen molar-refractivity contribution >= 4 is 64.0 Å². The first-order valence-electron chi connectivity index (χ1n) is 38.3. The first-order valence-corrected chi connectivity index (χ1v) is 39.7. The van der Waals surface area contributed by atoms with Gasteiger partial charge in [-0.2, -0.15) is 21.6 Å². The van der Waals surface area contributed by atoms with Crippen LogP contribution >= 0.6 is 0 Å². The molecule has 6 aliphatic rings. The maximum Gasteiger partial charge on any atom is 0.534 e. The minimum Gasteiger partial charge on any atom is -0.482 e. The van der Waals surface area contributed by atoms with Gasteiger partial charge >= 0.3 is 34.9 Å². The van der Waals surface area contributed by atoms with Crippen LogP contribution in [0.3, 0.4) is 0 Å². The number of ether oxygens (including phenoxy) is 5. The number of allylic oxidation sites excluding steroid dienone is 2. The number of para-hydroxylation sites is 3. The van der Waals surface area contributed by atoms with Crippen molar-refractivity contribution in [3.63, 3.8) is 0 Å². The van der Waals surface area contributed by atoms with Crippen LogP contribution < -0.4 is 19.5 Å². The largest absolute Gasteiger partial charge is 0.534 e. The van der Waals surface area contributed by atoms with Crippen LogP contribution in [0.5, 0.6) is 17.2 Å². The van der Waals surface area contributed by atoms with Crippen LogP contribution in [0, 0.1) is 17.8 Å². The number of carbonyl (C=O) groups excluding carboxylic acids is 5. The summed E-state index contributed by atoms with van der Waals surface area (Å²) in [6, 6.07) is 38.4. The van der Waals surface area contributed by atoms with Gasteiger partial charge in [-0.1, -0.05) is 112 Å². The summed E-state index contributed by atoms with van der Waals surface area (Å²) in [7, 11) is -7.42. The van der Waals surface area contributed by atoms with Crippen LogP contribution in [-0.2, 0) is 28.6 Å². The van der Waals surface area contributed by atoms with Gasteiger partial charge in [-0.05, 0) is 178 Å². The number of rotatable bonds is 16. The van der Waals surface area contributed by atoms with Gasteiger partial charge < -0.3 is 67.7 Å². The van der Waals surface area contributed by atoms with Crippen molar-refractivity contribution in [2.45, 2.75) is 163 Å². The molecule has 6 heterocycles. The SMILES string of the molecule is C=C(/C=C\CC(=O)N(CC)CC)B(O)O.CC1CN(C(=O)OC(C)(C)C)CCC12C=C(OS(=O)(=O)C(F)(F)F)c1ccccc1O2.CCN(CC)C(=O)c1ccc(C2=CC3(CCN(C(=O)OC(C)(C)C)CC3C)Oc3ccccc32)cc1.CCN(CC)C(=O)c1ccc(C2=CC3(CCNCC3C)Oc3ccccc32)cc1. The second-order valence-electron chi connectivity index (χ2n) is 30.5. The quantitative estimate of drug-likeness (QED) is 0.0360. The second-order valence-corrected chi connectivity index (χ2v) is 32.0. The molecule has 6 aliphatic heterocycles. The smallest absolute Gasteiger partial charge is 0.482 e. The molecule has 0 aliphatic carbocycles. The lowest BCUT2D eigenvalue weighted by molar-refractivity contribution is -0.129. The molecule has 0 saturated carbocycles. The molecule has 26 heteroatoms. The number of nitrogens with one attached hydrogen (secondary N) is 1. The first-order chi connectivity index (χ1) is 52.3. The molecule has 0 bridgehead atoms. The molecule has 600 valence electrons. The highest BCUT2D eigenvalue weighted by molar-refractivity contribution is 7.87. The van der Waals surface area contributed by atoms with Gasteiger partial charge in [0.05, 0.1) is 5.56 Å². The number of amides is 5. The number of carbonyl (C=O) groups is 5. The Hall–Kier alpha value is -9.37. The molecule has 21 nitrogen and oxygen atoms in total. The van der Waals surface area contributed by atoms with Gasteiger partial charge in [-0.25, -0.2) is 9.59 Å². The maximum absolute atomic E-state index is 12.9. The fourth-order valence-electron chi connectivity index (χ4n) is 14.1. The molecule has 5 amide bonds. The van der Waals surface area contributed by atoms with E-state index in [0.29, 0.717) is 57.2 Å². The highest BCUT2D eigenvalue weighted by atomic mass is 32.2. The summed E-state index contributed by atoms with van der Waals surface area (Å²) < 4.78 is 96.9. The number of fused-ring (bicyclic) bond motifs is 3. The molecule has 6 unspecified atom stereocenters. The van der Waals surface area contributed by atoms with E-state index in [1.54, 1.807) is 49.6 Å². The summed E-state index contributed by atoms with van der Waals surface area (Å²) in [6.07, 6.45) is 10.2. The Kier molecular flexibility index (Phi) is 29.0. The third kappa shape index (κ3) is 21.5. The van der Waals surface area contributed by atoms with E-state index in [1.807, 2.05) is 133 Å². The molecular formula is C85H110BF3N6O15S. The van der Waals surface area contributed by atoms with E-state index >= 15 is 0 Å². The Balaban J connectivity index is 0.000000193. The van der Waals surface area contributed by atoms with Gasteiger partial charge in [0.15, 0.2) is 5.76 Å². The van der Waals surface area contributed by atoms with Crippen LogP contribution in [0.4, 0.5) is 22.8 Å². The van der Waals surface area contributed by atoms with E-state index in [4.69, 9.17) is 33.7 Å². The molecule has 6 atom stereocenters. The third-order valence-corrected chi connectivity index (χ3v) is 21.6. The number of benzene rings is 5. The minimum absolute atomic E-state index is 0.0245. The second kappa shape index (κ2) is 36.9. The Morgan fingerprint density at radius 1 is 0.568 bits per heavy atom. The number of hydrogen-bond acceptors (Lipinski definition) is 16. The van der Waals surface area contributed by atoms with Gasteiger partial charge in [-0.3, -0.25) is 14.4 Å². The third-order valence-electron chi connectivity index (χ3n) is 20.6. The molecule has 11 rings (SSSR count). The van der Waals surface area contributed by atoms with E-state index in [9.17, 15) is 45.6 Å². The summed E-state index contributed by atoms with van der Waals surface area (Å²) >= 11 is 0. The minimum atomic E-state index is -5.87. The molecule has 3 saturated heterocycles. The number of nitrogens with zero attached hydrogens (tertiary/aromatic N) is 5. The summed E-state index contributed by atoms with van der Waals surface area (Å²) in [5, 5.41) is 20.9. The molecule has 3 spiro atoms. The molecule has 3 fully saturated rings. The standard InChI is InChI=1S/C30H38N2O4.C25H30N2O2.C20H24F3NO6S.C10H18BNO3/c1-7-31(8-2)27(33)23-15-13-22(14-16-23)25-19-30(35-26-12-10-9-11-24(25)26)17-18-32(20-21(30)3)28(34)36-29(4,5)6;1-4-27(5-2)24(28)20-12-10-19(11-13-20)22-16-25(14-15-26-17-18(25)3)29-23-9-7-6-8-21(22)23;1-13-12-24(17(25)29-18(2,3)4)10-9-19(13)11-16(30-31(26,27)20(21,22)23)14-7-5-6-8-15(14)28-19;1-4-12(5-2)10(13)8-6-7-9(3)11(14)15/h9-16,19,21H,7-8,17-18,20H2,1-6H3;6-13,16,18,26H,4-5,14-15,17H2,1-3H3;5-8,11,13H,9-10,12H2,1-4H3;6-7,14-15H,3-5,8H2,1-2H3/b;;;7-6-. The molecule has 3 N–H and O–H groups in total. The number of alkyl halides is 3. The van der Waals surface area contributed by atoms with Gasteiger partial charge in [0, 0.05) is 144 Å². The van der Waals surface area contributed by atoms with Gasteiger partial charge in [0.2, 0.25) is 5.91 Å². The highest BCUT2D eigenvalue weighted by Crippen LogP contribution is 2.49. The van der Waals surface area contributed by atoms with Crippen molar-refractivity contribution in [1.82, 2.24) is 29.8 Å². The zero-order valence-electron chi connectivity index (χ0n) is 66.7. The average Bonchev–Trinajstić information content (AvgIpc) is 0.757. The first kappa shape index (κ1) is 87.2. The zero-order chi connectivity index (χ0) is 81.6. The van der Waals surface area contributed by atoms with Crippen molar-refractivity contribution in [1.29, 1.82) is 0 Å². The van der Waals surface area contributed by atoms with Crippen LogP contribution in [0.15, 0.2) is 164 Å². The van der Waals surface area contributed by atoms with E-state index in [1.165, 1.54) is 40.8 Å². The molecule has 111 heavy (non-hydrogen) atoms. The molecule has 5 aromatic rings. The normalized spacial score (nSPS) is 21.1. The lowest BCUT2D eigenvalue weighted by Gasteiger charge is -2.47. The van der Waals surface area contributed by atoms with E-state index in [-0.39, 0.29) is 78.1 Å². The zero-order valence-corrected chi connectivity index (χ0v) is 67.6. The van der Waals surface area contributed by atoms with Crippen LogP contribution in [0.25, 0.3) is 16.9 Å². The summed E-state index contributed by atoms with van der Waals surface area (Å²) in [6.45, 7) is 39.9. The van der Waals surface area contributed by atoms with E-state index in [2.05, 4.69) is 78.5 Å². The molecule has 0 radical (unpaired) electrons. The average molecular weight is 1560 g/mol. The van der Waals surface area contributed by atoms with Gasteiger partial charge in [0.1, 0.15) is 45.3 Å². The number of likely N-dealkylation sites (tertiary alicyclic amines) is 2. The lowest BCUT2D eigenvalue weighted by Crippen LogP contribution is -2.56. The predicted octanol–water partition coefficient (Wildman–Crippen LogP) is 15.0. The fourth-order valence-corrected chi connectivity index (χ4v) is 14.6. The Morgan fingerprint density at radius 3 is 1.32 bits per heavy atom.